The average Bonchev–Trinajstić information content (AvgIpc) is 2.68. The van der Waals surface area contributed by atoms with Gasteiger partial charge in [-0.15, -0.1) is 0 Å². The van der Waals surface area contributed by atoms with Crippen LogP contribution >= 0.6 is 0 Å². The number of pyridine rings is 1. The van der Waals surface area contributed by atoms with Gasteiger partial charge in [-0.3, -0.25) is 14.0 Å². The molecule has 0 aliphatic carbocycles. The van der Waals surface area contributed by atoms with Crippen molar-refractivity contribution in [1.82, 2.24) is 9.38 Å². The Morgan fingerprint density at radius 1 is 1.22 bits per heavy atom. The van der Waals surface area contributed by atoms with Crippen molar-refractivity contribution < 1.29 is 9.90 Å². The molecule has 0 bridgehead atoms. The van der Waals surface area contributed by atoms with Crippen molar-refractivity contribution in [3.05, 3.63) is 75.2 Å². The Kier molecular flexibility index (Phi) is 3.37. The monoisotopic (exact) mass is 361 g/mol. The molecule has 0 radical (unpaired) electrons. The van der Waals surface area contributed by atoms with Gasteiger partial charge >= 0.3 is 5.97 Å². The van der Waals surface area contributed by atoms with Gasteiger partial charge in [0.15, 0.2) is 0 Å². The molecule has 4 heterocycles. The summed E-state index contributed by atoms with van der Waals surface area (Å²) in [5.41, 5.74) is 4.11. The molecule has 1 N–H and O–H groups in total. The molecule has 3 aromatic rings. The summed E-state index contributed by atoms with van der Waals surface area (Å²) in [6, 6.07) is 11.5. The fraction of sp³-hybridized carbons (Fsp3) is 0.286. The van der Waals surface area contributed by atoms with Gasteiger partial charge < -0.3 is 10.0 Å². The Labute approximate surface area is 155 Å². The summed E-state index contributed by atoms with van der Waals surface area (Å²) in [4.78, 5) is 32.1. The number of carbonyl (C=O) groups is 1. The lowest BCUT2D eigenvalue weighted by atomic mass is 9.79. The molecular weight excluding hydrogens is 342 g/mol. The van der Waals surface area contributed by atoms with Gasteiger partial charge in [0.2, 0.25) is 0 Å². The molecule has 2 aliphatic heterocycles. The Balaban J connectivity index is 1.80. The lowest BCUT2D eigenvalue weighted by Gasteiger charge is -2.44. The van der Waals surface area contributed by atoms with E-state index in [2.05, 4.69) is 6.07 Å². The van der Waals surface area contributed by atoms with Crippen molar-refractivity contribution in [3.8, 4) is 0 Å². The maximum atomic E-state index is 13.1. The Morgan fingerprint density at radius 3 is 2.85 bits per heavy atom. The van der Waals surface area contributed by atoms with Crippen LogP contribution in [-0.2, 0) is 17.6 Å². The molecule has 6 nitrogen and oxygen atoms in total. The summed E-state index contributed by atoms with van der Waals surface area (Å²) in [5, 5.41) is 9.92. The number of anilines is 1. The second kappa shape index (κ2) is 5.67. The van der Waals surface area contributed by atoms with Crippen LogP contribution in [0.4, 0.5) is 5.82 Å². The standard InChI is InChI=1S/C21H19N3O3/c1-12-5-4-9-24-18(12)22-19-16(20(24)25)11-15(21(26)27)17-14-7-3-2-6-13(14)8-10-23(17)19/h2-7,9,15,17H,8,10-11H2,1H3,(H,26,27). The quantitative estimate of drug-likeness (QED) is 0.720. The molecule has 1 aromatic carbocycles. The smallest absolute Gasteiger partial charge is 0.309 e. The molecule has 0 fully saturated rings. The number of nitrogens with zero attached hydrogens (tertiary/aromatic N) is 3. The zero-order chi connectivity index (χ0) is 18.7. The fourth-order valence-corrected chi connectivity index (χ4v) is 4.56. The van der Waals surface area contributed by atoms with Crippen molar-refractivity contribution in [2.75, 3.05) is 11.4 Å². The van der Waals surface area contributed by atoms with Crippen LogP contribution in [0.1, 0.15) is 28.3 Å². The molecule has 2 aromatic heterocycles. The number of hydrogen-bond acceptors (Lipinski definition) is 4. The summed E-state index contributed by atoms with van der Waals surface area (Å²) in [5.74, 6) is -0.899. The van der Waals surface area contributed by atoms with E-state index in [1.807, 2.05) is 42.2 Å². The molecule has 27 heavy (non-hydrogen) atoms. The van der Waals surface area contributed by atoms with Crippen LogP contribution < -0.4 is 10.5 Å². The molecule has 5 rings (SSSR count). The minimum atomic E-state index is -0.874. The van der Waals surface area contributed by atoms with E-state index < -0.39 is 11.9 Å². The first-order valence-corrected chi connectivity index (χ1v) is 9.14. The molecule has 2 atom stereocenters. The van der Waals surface area contributed by atoms with Crippen molar-refractivity contribution in [1.29, 1.82) is 0 Å². The largest absolute Gasteiger partial charge is 0.481 e. The van der Waals surface area contributed by atoms with Gasteiger partial charge in [0.1, 0.15) is 11.5 Å². The zero-order valence-corrected chi connectivity index (χ0v) is 14.9. The second-order valence-corrected chi connectivity index (χ2v) is 7.34. The van der Waals surface area contributed by atoms with E-state index in [1.165, 1.54) is 9.96 Å². The molecule has 0 amide bonds. The minimum Gasteiger partial charge on any atom is -0.481 e. The lowest BCUT2D eigenvalue weighted by Crippen LogP contribution is -2.48. The van der Waals surface area contributed by atoms with Crippen LogP contribution in [0.2, 0.25) is 0 Å². The van der Waals surface area contributed by atoms with Crippen molar-refractivity contribution in [2.24, 2.45) is 5.92 Å². The normalized spacial score (nSPS) is 20.7. The molecule has 0 spiro atoms. The number of aromatic nitrogens is 2. The number of aryl methyl sites for hydroxylation is 1. The van der Waals surface area contributed by atoms with Crippen LogP contribution in [0.3, 0.4) is 0 Å². The Morgan fingerprint density at radius 2 is 2.04 bits per heavy atom. The first-order chi connectivity index (χ1) is 13.1. The summed E-state index contributed by atoms with van der Waals surface area (Å²) in [6.07, 6.45) is 2.71. The number of hydrogen-bond donors (Lipinski definition) is 1. The van der Waals surface area contributed by atoms with E-state index in [9.17, 15) is 14.7 Å². The summed E-state index contributed by atoms with van der Waals surface area (Å²) in [7, 11) is 0. The molecule has 6 heteroatoms. The van der Waals surface area contributed by atoms with E-state index in [1.54, 1.807) is 6.20 Å². The highest BCUT2D eigenvalue weighted by molar-refractivity contribution is 5.76. The highest BCUT2D eigenvalue weighted by Gasteiger charge is 2.44. The van der Waals surface area contributed by atoms with Gasteiger partial charge in [-0.1, -0.05) is 30.3 Å². The van der Waals surface area contributed by atoms with E-state index in [0.717, 1.165) is 17.5 Å². The topological polar surface area (TPSA) is 74.9 Å². The summed E-state index contributed by atoms with van der Waals surface area (Å²) in [6.45, 7) is 2.59. The number of fused-ring (bicyclic) bond motifs is 6. The highest BCUT2D eigenvalue weighted by Crippen LogP contribution is 2.43. The summed E-state index contributed by atoms with van der Waals surface area (Å²) < 4.78 is 1.53. The van der Waals surface area contributed by atoms with Crippen molar-refractivity contribution in [3.63, 3.8) is 0 Å². The number of rotatable bonds is 1. The third kappa shape index (κ3) is 2.22. The molecule has 2 unspecified atom stereocenters. The fourth-order valence-electron chi connectivity index (χ4n) is 4.56. The number of carboxylic acid groups (broad SMARTS) is 1. The van der Waals surface area contributed by atoms with Gasteiger partial charge in [-0.2, -0.15) is 0 Å². The van der Waals surface area contributed by atoms with E-state index in [0.29, 0.717) is 23.6 Å². The lowest BCUT2D eigenvalue weighted by molar-refractivity contribution is -0.142. The van der Waals surface area contributed by atoms with Gasteiger partial charge in [0, 0.05) is 12.7 Å². The number of benzene rings is 1. The minimum absolute atomic E-state index is 0.165. The third-order valence-electron chi connectivity index (χ3n) is 5.85. The predicted molar refractivity (Wildman–Crippen MR) is 101 cm³/mol. The van der Waals surface area contributed by atoms with E-state index in [4.69, 9.17) is 4.98 Å². The van der Waals surface area contributed by atoms with Crippen LogP contribution in [0.25, 0.3) is 5.65 Å². The van der Waals surface area contributed by atoms with Crippen molar-refractivity contribution in [2.45, 2.75) is 25.8 Å². The second-order valence-electron chi connectivity index (χ2n) is 7.34. The molecule has 136 valence electrons. The number of carboxylic acids is 1. The van der Waals surface area contributed by atoms with Gasteiger partial charge in [-0.25, -0.2) is 4.98 Å². The SMILES string of the molecule is Cc1cccn2c(=O)c3c(nc12)N1CCc2ccccc2C1C(C(=O)O)C3. The third-order valence-corrected chi connectivity index (χ3v) is 5.85. The number of aliphatic carboxylic acids is 1. The molecule has 2 aliphatic rings. The Bertz CT molecular complexity index is 1150. The van der Waals surface area contributed by atoms with E-state index in [-0.39, 0.29) is 18.0 Å². The maximum Gasteiger partial charge on any atom is 0.309 e. The maximum absolute atomic E-state index is 13.1. The van der Waals surface area contributed by atoms with Gasteiger partial charge in [-0.05, 0) is 42.5 Å². The van der Waals surface area contributed by atoms with Crippen LogP contribution in [0, 0.1) is 12.8 Å². The Hall–Kier alpha value is -3.15. The van der Waals surface area contributed by atoms with Crippen molar-refractivity contribution >= 4 is 17.4 Å². The average molecular weight is 361 g/mol. The van der Waals surface area contributed by atoms with Crippen LogP contribution in [0.5, 0.6) is 0 Å². The van der Waals surface area contributed by atoms with Crippen LogP contribution in [-0.4, -0.2) is 27.0 Å². The first-order valence-electron chi connectivity index (χ1n) is 9.14. The predicted octanol–water partition coefficient (Wildman–Crippen LogP) is 2.36. The zero-order valence-electron chi connectivity index (χ0n) is 14.9. The molecular formula is C21H19N3O3. The highest BCUT2D eigenvalue weighted by atomic mass is 16.4. The molecule has 0 saturated carbocycles. The van der Waals surface area contributed by atoms with Gasteiger partial charge in [0.05, 0.1) is 17.5 Å². The van der Waals surface area contributed by atoms with E-state index >= 15 is 0 Å². The molecule has 0 saturated heterocycles. The first kappa shape index (κ1) is 16.1. The van der Waals surface area contributed by atoms with Crippen LogP contribution in [0.15, 0.2) is 47.4 Å². The van der Waals surface area contributed by atoms with Gasteiger partial charge in [0.25, 0.3) is 5.56 Å². The summed E-state index contributed by atoms with van der Waals surface area (Å²) >= 11 is 0.